The highest BCUT2D eigenvalue weighted by Crippen LogP contribution is 2.30. The van der Waals surface area contributed by atoms with Crippen LogP contribution in [0.2, 0.25) is 0 Å². The van der Waals surface area contributed by atoms with Crippen molar-refractivity contribution in [2.24, 2.45) is 18.0 Å². The molecule has 7 nitrogen and oxygen atoms in total. The number of aryl methyl sites for hydroxylation is 1. The summed E-state index contributed by atoms with van der Waals surface area (Å²) in [6.07, 6.45) is 4.13. The lowest BCUT2D eigenvalue weighted by molar-refractivity contribution is 0.297. The fourth-order valence-corrected chi connectivity index (χ4v) is 2.42. The van der Waals surface area contributed by atoms with Crippen molar-refractivity contribution in [1.82, 2.24) is 25.4 Å². The normalized spacial score (nSPS) is 13.8. The van der Waals surface area contributed by atoms with Gasteiger partial charge < -0.3 is 15.4 Å². The molecule has 1 aliphatic carbocycles. The average molecular weight is 470 g/mol. The van der Waals surface area contributed by atoms with Gasteiger partial charge in [-0.25, -0.2) is 9.98 Å². The number of hydrogen-bond acceptors (Lipinski definition) is 4. The number of nitrogens with one attached hydrogen (secondary N) is 2. The SMILES string of the molecule is CCNC(=NCc1ccccc1OCC1CC1)NCc1ncnn1C.I. The fraction of sp³-hybridized carbons (Fsp3) is 0.500. The first-order valence-corrected chi connectivity index (χ1v) is 8.82. The van der Waals surface area contributed by atoms with Gasteiger partial charge in [-0.15, -0.1) is 24.0 Å². The van der Waals surface area contributed by atoms with E-state index in [0.29, 0.717) is 13.1 Å². The smallest absolute Gasteiger partial charge is 0.191 e. The van der Waals surface area contributed by atoms with E-state index in [2.05, 4.69) is 31.8 Å². The predicted octanol–water partition coefficient (Wildman–Crippen LogP) is 2.48. The van der Waals surface area contributed by atoms with Crippen molar-refractivity contribution in [3.05, 3.63) is 42.0 Å². The third-order valence-corrected chi connectivity index (χ3v) is 4.11. The highest BCUT2D eigenvalue weighted by atomic mass is 127. The van der Waals surface area contributed by atoms with Crippen molar-refractivity contribution in [2.45, 2.75) is 32.9 Å². The summed E-state index contributed by atoms with van der Waals surface area (Å²) >= 11 is 0. The van der Waals surface area contributed by atoms with Gasteiger partial charge >= 0.3 is 0 Å². The van der Waals surface area contributed by atoms with E-state index in [1.165, 1.54) is 12.8 Å². The molecule has 1 aliphatic rings. The van der Waals surface area contributed by atoms with E-state index in [-0.39, 0.29) is 24.0 Å². The van der Waals surface area contributed by atoms with E-state index in [1.807, 2.05) is 32.2 Å². The number of aromatic nitrogens is 3. The van der Waals surface area contributed by atoms with Crippen LogP contribution in [0.1, 0.15) is 31.2 Å². The first-order chi connectivity index (χ1) is 12.3. The molecule has 0 amide bonds. The second-order valence-electron chi connectivity index (χ2n) is 6.21. The molecule has 0 atom stereocenters. The highest BCUT2D eigenvalue weighted by molar-refractivity contribution is 14.0. The van der Waals surface area contributed by atoms with Gasteiger partial charge in [0.05, 0.1) is 19.7 Å². The Kier molecular flexibility index (Phi) is 8.14. The molecule has 3 rings (SSSR count). The predicted molar refractivity (Wildman–Crippen MR) is 113 cm³/mol. The maximum absolute atomic E-state index is 5.96. The second-order valence-corrected chi connectivity index (χ2v) is 6.21. The molecular formula is C18H27IN6O. The summed E-state index contributed by atoms with van der Waals surface area (Å²) in [5, 5.41) is 10.6. The minimum Gasteiger partial charge on any atom is -0.493 e. The lowest BCUT2D eigenvalue weighted by Gasteiger charge is -2.12. The van der Waals surface area contributed by atoms with Gasteiger partial charge in [0.25, 0.3) is 0 Å². The molecule has 0 saturated heterocycles. The lowest BCUT2D eigenvalue weighted by Crippen LogP contribution is -2.37. The number of ether oxygens (including phenoxy) is 1. The first kappa shape index (κ1) is 20.5. The largest absolute Gasteiger partial charge is 0.493 e. The quantitative estimate of drug-likeness (QED) is 0.352. The minimum absolute atomic E-state index is 0. The fourth-order valence-electron chi connectivity index (χ4n) is 2.42. The average Bonchev–Trinajstić information content (AvgIpc) is 3.37. The van der Waals surface area contributed by atoms with Gasteiger partial charge in [-0.2, -0.15) is 5.10 Å². The molecule has 8 heteroatoms. The molecule has 0 aliphatic heterocycles. The first-order valence-electron chi connectivity index (χ1n) is 8.82. The third-order valence-electron chi connectivity index (χ3n) is 4.11. The van der Waals surface area contributed by atoms with E-state index < -0.39 is 0 Å². The molecule has 0 unspecified atom stereocenters. The summed E-state index contributed by atoms with van der Waals surface area (Å²) < 4.78 is 7.70. The van der Waals surface area contributed by atoms with Crippen molar-refractivity contribution in [1.29, 1.82) is 0 Å². The van der Waals surface area contributed by atoms with Crippen LogP contribution in [0.25, 0.3) is 0 Å². The zero-order chi connectivity index (χ0) is 17.5. The Morgan fingerprint density at radius 3 is 2.81 bits per heavy atom. The summed E-state index contributed by atoms with van der Waals surface area (Å²) in [4.78, 5) is 8.89. The van der Waals surface area contributed by atoms with Crippen molar-refractivity contribution in [3.63, 3.8) is 0 Å². The number of halogens is 1. The third kappa shape index (κ3) is 6.15. The van der Waals surface area contributed by atoms with Crippen LogP contribution in [-0.4, -0.2) is 33.9 Å². The number of nitrogens with zero attached hydrogens (tertiary/aromatic N) is 4. The van der Waals surface area contributed by atoms with Crippen molar-refractivity contribution < 1.29 is 4.74 Å². The topological polar surface area (TPSA) is 76.4 Å². The molecule has 1 aromatic carbocycles. The highest BCUT2D eigenvalue weighted by Gasteiger charge is 2.22. The van der Waals surface area contributed by atoms with E-state index in [9.17, 15) is 0 Å². The Morgan fingerprint density at radius 1 is 1.31 bits per heavy atom. The van der Waals surface area contributed by atoms with Crippen molar-refractivity contribution in [2.75, 3.05) is 13.2 Å². The molecule has 1 heterocycles. The van der Waals surface area contributed by atoms with Gasteiger partial charge in [-0.1, -0.05) is 18.2 Å². The van der Waals surface area contributed by atoms with Crippen LogP contribution in [0, 0.1) is 5.92 Å². The van der Waals surface area contributed by atoms with Crippen LogP contribution in [-0.2, 0) is 20.1 Å². The number of aliphatic imine (C=N–C) groups is 1. The number of hydrogen-bond donors (Lipinski definition) is 2. The van der Waals surface area contributed by atoms with Crippen LogP contribution < -0.4 is 15.4 Å². The van der Waals surface area contributed by atoms with Gasteiger partial charge in [0.2, 0.25) is 0 Å². The molecule has 2 aromatic rings. The molecule has 0 bridgehead atoms. The lowest BCUT2D eigenvalue weighted by atomic mass is 10.2. The molecule has 142 valence electrons. The Bertz CT molecular complexity index is 713. The number of rotatable bonds is 8. The monoisotopic (exact) mass is 470 g/mol. The maximum Gasteiger partial charge on any atom is 0.191 e. The van der Waals surface area contributed by atoms with E-state index in [0.717, 1.165) is 42.2 Å². The van der Waals surface area contributed by atoms with Gasteiger partial charge in [0.15, 0.2) is 5.96 Å². The zero-order valence-electron chi connectivity index (χ0n) is 15.3. The van der Waals surface area contributed by atoms with E-state index in [1.54, 1.807) is 11.0 Å². The molecule has 1 aromatic heterocycles. The van der Waals surface area contributed by atoms with Crippen LogP contribution in [0.5, 0.6) is 5.75 Å². The zero-order valence-corrected chi connectivity index (χ0v) is 17.6. The summed E-state index contributed by atoms with van der Waals surface area (Å²) in [5.74, 6) is 3.28. The van der Waals surface area contributed by atoms with Crippen molar-refractivity contribution >= 4 is 29.9 Å². The van der Waals surface area contributed by atoms with Crippen LogP contribution in [0.4, 0.5) is 0 Å². The molecule has 0 spiro atoms. The molecule has 0 radical (unpaired) electrons. The summed E-state index contributed by atoms with van der Waals surface area (Å²) in [6, 6.07) is 8.12. The van der Waals surface area contributed by atoms with E-state index >= 15 is 0 Å². The standard InChI is InChI=1S/C18H26N6O.HI/c1-3-19-18(21-11-17-22-13-23-24(17)2)20-10-15-6-4-5-7-16(15)25-12-14-8-9-14;/h4-7,13-14H,3,8-12H2,1-2H3,(H2,19,20,21);1H. The van der Waals surface area contributed by atoms with Crippen LogP contribution in [0.3, 0.4) is 0 Å². The Morgan fingerprint density at radius 2 is 2.12 bits per heavy atom. The molecular weight excluding hydrogens is 443 g/mol. The second kappa shape index (κ2) is 10.3. The Hall–Kier alpha value is -1.84. The van der Waals surface area contributed by atoms with Crippen molar-refractivity contribution in [3.8, 4) is 5.75 Å². The molecule has 1 fully saturated rings. The summed E-state index contributed by atoms with van der Waals surface area (Å²) in [6.45, 7) is 4.79. The van der Waals surface area contributed by atoms with Gasteiger partial charge in [-0.05, 0) is 31.7 Å². The van der Waals surface area contributed by atoms with Crippen LogP contribution >= 0.6 is 24.0 Å². The minimum atomic E-state index is 0. The van der Waals surface area contributed by atoms with E-state index in [4.69, 9.17) is 4.74 Å². The summed E-state index contributed by atoms with van der Waals surface area (Å²) in [5.41, 5.74) is 1.10. The maximum atomic E-state index is 5.96. The van der Waals surface area contributed by atoms with Gasteiger partial charge in [0.1, 0.15) is 17.9 Å². The Balaban J connectivity index is 0.00000243. The van der Waals surface area contributed by atoms with Gasteiger partial charge in [-0.3, -0.25) is 4.68 Å². The number of para-hydroxylation sites is 1. The van der Waals surface area contributed by atoms with Crippen LogP contribution in [0.15, 0.2) is 35.6 Å². The number of benzene rings is 1. The Labute approximate surface area is 171 Å². The van der Waals surface area contributed by atoms with Gasteiger partial charge in [0, 0.05) is 19.2 Å². The molecule has 2 N–H and O–H groups in total. The molecule has 26 heavy (non-hydrogen) atoms. The number of guanidine groups is 1. The summed E-state index contributed by atoms with van der Waals surface area (Å²) in [7, 11) is 1.88. The molecule has 1 saturated carbocycles.